The second-order valence-electron chi connectivity index (χ2n) is 6.80. The number of carbonyl (C=O) groups is 2. The summed E-state index contributed by atoms with van der Waals surface area (Å²) < 4.78 is 5.45. The summed E-state index contributed by atoms with van der Waals surface area (Å²) in [5.41, 5.74) is 2.54. The third-order valence-electron chi connectivity index (χ3n) is 4.82. The summed E-state index contributed by atoms with van der Waals surface area (Å²) in [6.07, 6.45) is 0. The average molecular weight is 473 g/mol. The number of carbonyl (C=O) groups excluding carboxylic acids is 2. The van der Waals surface area contributed by atoms with E-state index in [2.05, 4.69) is 5.32 Å². The number of hydrogen-bond donors (Lipinski definition) is 1. The maximum atomic E-state index is 12.7. The molecule has 1 N–H and O–H groups in total. The van der Waals surface area contributed by atoms with Crippen LogP contribution in [0.2, 0.25) is 10.0 Å². The molecule has 0 radical (unpaired) electrons. The van der Waals surface area contributed by atoms with Gasteiger partial charge in [-0.1, -0.05) is 47.5 Å². The minimum Gasteiger partial charge on any atom is -0.495 e. The van der Waals surface area contributed by atoms with E-state index in [0.717, 1.165) is 5.56 Å². The van der Waals surface area contributed by atoms with E-state index in [0.29, 0.717) is 33.5 Å². The molecular weight excluding hydrogens is 455 g/mol. The number of benzene rings is 3. The highest BCUT2D eigenvalue weighted by atomic mass is 35.5. The largest absolute Gasteiger partial charge is 0.495 e. The molecule has 0 aliphatic carbocycles. The normalized spacial score (nSPS) is 15.8. The van der Waals surface area contributed by atoms with E-state index in [-0.39, 0.29) is 22.2 Å². The smallest absolute Gasteiger partial charge is 0.257 e. The Bertz CT molecular complexity index is 1160. The number of amides is 2. The maximum absolute atomic E-state index is 12.7. The Balaban J connectivity index is 1.61. The molecule has 2 amide bonds. The van der Waals surface area contributed by atoms with Crippen LogP contribution in [0.1, 0.15) is 21.3 Å². The fraction of sp³-hybridized carbons (Fsp3) is 0.130. The summed E-state index contributed by atoms with van der Waals surface area (Å²) >= 11 is 13.6. The van der Waals surface area contributed by atoms with Crippen molar-refractivity contribution in [2.45, 2.75) is 5.37 Å². The van der Waals surface area contributed by atoms with Crippen LogP contribution in [0.4, 0.5) is 11.4 Å². The van der Waals surface area contributed by atoms with Crippen molar-refractivity contribution in [3.63, 3.8) is 0 Å². The van der Waals surface area contributed by atoms with Gasteiger partial charge in [-0.2, -0.15) is 0 Å². The molecule has 31 heavy (non-hydrogen) atoms. The van der Waals surface area contributed by atoms with Gasteiger partial charge in [0, 0.05) is 10.7 Å². The third-order valence-corrected chi connectivity index (χ3v) is 6.58. The summed E-state index contributed by atoms with van der Waals surface area (Å²) in [5.74, 6) is 0.655. The third kappa shape index (κ3) is 4.51. The zero-order valence-corrected chi connectivity index (χ0v) is 18.8. The number of nitrogens with one attached hydrogen (secondary N) is 1. The summed E-state index contributed by atoms with van der Waals surface area (Å²) in [4.78, 5) is 27.1. The van der Waals surface area contributed by atoms with Crippen LogP contribution >= 0.6 is 35.0 Å². The number of anilines is 2. The Labute approximate surface area is 194 Å². The van der Waals surface area contributed by atoms with Gasteiger partial charge in [0.2, 0.25) is 5.91 Å². The molecule has 3 aromatic rings. The Hall–Kier alpha value is -2.67. The van der Waals surface area contributed by atoms with Crippen LogP contribution in [-0.2, 0) is 4.79 Å². The quantitative estimate of drug-likeness (QED) is 0.492. The number of nitrogens with zero attached hydrogens (tertiary/aromatic N) is 1. The van der Waals surface area contributed by atoms with Crippen molar-refractivity contribution in [3.8, 4) is 5.75 Å². The van der Waals surface area contributed by atoms with Crippen molar-refractivity contribution in [3.05, 3.63) is 87.9 Å². The summed E-state index contributed by atoms with van der Waals surface area (Å²) in [7, 11) is 1.58. The fourth-order valence-electron chi connectivity index (χ4n) is 3.40. The molecule has 1 unspecified atom stereocenters. The molecule has 1 atom stereocenters. The lowest BCUT2D eigenvalue weighted by atomic mass is 10.1. The Morgan fingerprint density at radius 3 is 2.68 bits per heavy atom. The van der Waals surface area contributed by atoms with Gasteiger partial charge in [-0.25, -0.2) is 0 Å². The molecule has 0 bridgehead atoms. The van der Waals surface area contributed by atoms with Crippen LogP contribution < -0.4 is 15.0 Å². The minimum atomic E-state index is -0.337. The number of methoxy groups -OCH3 is 1. The Morgan fingerprint density at radius 1 is 1.10 bits per heavy atom. The first-order valence-electron chi connectivity index (χ1n) is 9.41. The van der Waals surface area contributed by atoms with Gasteiger partial charge in [0.25, 0.3) is 5.91 Å². The average Bonchev–Trinajstić information content (AvgIpc) is 3.15. The van der Waals surface area contributed by atoms with Crippen molar-refractivity contribution in [1.82, 2.24) is 0 Å². The lowest BCUT2D eigenvalue weighted by Gasteiger charge is -2.26. The van der Waals surface area contributed by atoms with Crippen molar-refractivity contribution in [2.75, 3.05) is 23.1 Å². The highest BCUT2D eigenvalue weighted by Gasteiger charge is 2.35. The zero-order chi connectivity index (χ0) is 22.0. The SMILES string of the molecule is COc1ccccc1N1C(=O)CSC1c1cccc(NC(=O)c2ccc(Cl)cc2Cl)c1. The molecule has 8 heteroatoms. The molecule has 5 nitrogen and oxygen atoms in total. The first kappa shape index (κ1) is 21.6. The van der Waals surface area contributed by atoms with E-state index in [1.54, 1.807) is 30.2 Å². The summed E-state index contributed by atoms with van der Waals surface area (Å²) in [6.45, 7) is 0. The van der Waals surface area contributed by atoms with Gasteiger partial charge in [-0.05, 0) is 48.0 Å². The van der Waals surface area contributed by atoms with E-state index in [4.69, 9.17) is 27.9 Å². The molecule has 4 rings (SSSR count). The van der Waals surface area contributed by atoms with Gasteiger partial charge >= 0.3 is 0 Å². The summed E-state index contributed by atoms with van der Waals surface area (Å²) in [5, 5.41) is 3.37. The van der Waals surface area contributed by atoms with Gasteiger partial charge in [0.15, 0.2) is 0 Å². The molecule has 1 heterocycles. The number of thioether (sulfide) groups is 1. The molecule has 1 saturated heterocycles. The first-order chi connectivity index (χ1) is 15.0. The number of rotatable bonds is 5. The van der Waals surface area contributed by atoms with Gasteiger partial charge in [0.1, 0.15) is 11.1 Å². The summed E-state index contributed by atoms with van der Waals surface area (Å²) in [6, 6.07) is 19.6. The van der Waals surface area contributed by atoms with E-state index >= 15 is 0 Å². The predicted molar refractivity (Wildman–Crippen MR) is 127 cm³/mol. The van der Waals surface area contributed by atoms with Crippen LogP contribution in [0, 0.1) is 0 Å². The Morgan fingerprint density at radius 2 is 1.90 bits per heavy atom. The molecule has 158 valence electrons. The Kier molecular flexibility index (Phi) is 6.41. The van der Waals surface area contributed by atoms with Gasteiger partial charge in [0.05, 0.1) is 29.1 Å². The minimum absolute atomic E-state index is 0.00175. The molecule has 1 aliphatic heterocycles. The molecule has 3 aromatic carbocycles. The highest BCUT2D eigenvalue weighted by Crippen LogP contribution is 2.45. The zero-order valence-electron chi connectivity index (χ0n) is 16.5. The van der Waals surface area contributed by atoms with E-state index in [9.17, 15) is 9.59 Å². The monoisotopic (exact) mass is 472 g/mol. The number of para-hydroxylation sites is 2. The molecule has 1 aliphatic rings. The van der Waals surface area contributed by atoms with Crippen LogP contribution in [0.3, 0.4) is 0 Å². The van der Waals surface area contributed by atoms with Crippen molar-refractivity contribution in [1.29, 1.82) is 0 Å². The topological polar surface area (TPSA) is 58.6 Å². The van der Waals surface area contributed by atoms with Crippen LogP contribution in [0.25, 0.3) is 0 Å². The lowest BCUT2D eigenvalue weighted by Crippen LogP contribution is -2.28. The maximum Gasteiger partial charge on any atom is 0.257 e. The second kappa shape index (κ2) is 9.22. The van der Waals surface area contributed by atoms with Gasteiger partial charge < -0.3 is 10.1 Å². The van der Waals surface area contributed by atoms with Crippen LogP contribution in [-0.4, -0.2) is 24.7 Å². The molecule has 0 spiro atoms. The highest BCUT2D eigenvalue weighted by molar-refractivity contribution is 8.00. The second-order valence-corrected chi connectivity index (χ2v) is 8.71. The van der Waals surface area contributed by atoms with Crippen molar-refractivity contribution < 1.29 is 14.3 Å². The van der Waals surface area contributed by atoms with Crippen LogP contribution in [0.15, 0.2) is 66.7 Å². The van der Waals surface area contributed by atoms with Crippen molar-refractivity contribution in [2.24, 2.45) is 0 Å². The number of ether oxygens (including phenoxy) is 1. The van der Waals surface area contributed by atoms with Crippen LogP contribution in [0.5, 0.6) is 5.75 Å². The predicted octanol–water partition coefficient (Wildman–Crippen LogP) is 6.03. The van der Waals surface area contributed by atoms with E-state index in [1.165, 1.54) is 17.8 Å². The van der Waals surface area contributed by atoms with Gasteiger partial charge in [-0.3, -0.25) is 14.5 Å². The van der Waals surface area contributed by atoms with E-state index < -0.39 is 0 Å². The fourth-order valence-corrected chi connectivity index (χ4v) is 5.06. The number of halogens is 2. The molecule has 0 saturated carbocycles. The molecule has 0 aromatic heterocycles. The van der Waals surface area contributed by atoms with Gasteiger partial charge in [-0.15, -0.1) is 11.8 Å². The standard InChI is InChI=1S/C23H18Cl2N2O3S/c1-30-20-8-3-2-7-19(20)27-21(28)13-31-23(27)14-5-4-6-16(11-14)26-22(29)17-10-9-15(24)12-18(17)25/h2-12,23H,13H2,1H3,(H,26,29). The molecular formula is C23H18Cl2N2O3S. The lowest BCUT2D eigenvalue weighted by molar-refractivity contribution is -0.115. The first-order valence-corrected chi connectivity index (χ1v) is 11.2. The molecule has 1 fully saturated rings. The van der Waals surface area contributed by atoms with Crippen molar-refractivity contribution >= 4 is 58.2 Å². The van der Waals surface area contributed by atoms with E-state index in [1.807, 2.05) is 42.5 Å². The number of hydrogen-bond acceptors (Lipinski definition) is 4.